The number of hydrogen-bond donors (Lipinski definition) is 5. The van der Waals surface area contributed by atoms with E-state index >= 15 is 0 Å². The number of fused-ring (bicyclic) bond motifs is 2. The maximum absolute atomic E-state index is 12.4. The lowest BCUT2D eigenvalue weighted by Crippen LogP contribution is -2.36. The van der Waals surface area contributed by atoms with Gasteiger partial charge in [0.2, 0.25) is 0 Å². The van der Waals surface area contributed by atoms with Crippen LogP contribution in [0.4, 0.5) is 9.59 Å². The molecular weight excluding hydrogens is 783 g/mol. The topological polar surface area (TPSA) is 157 Å². The van der Waals surface area contributed by atoms with Crippen LogP contribution in [0.25, 0.3) is 0 Å². The maximum atomic E-state index is 12.4. The van der Waals surface area contributed by atoms with E-state index in [1.807, 2.05) is 35.7 Å². The van der Waals surface area contributed by atoms with E-state index in [4.69, 9.17) is 0 Å². The first kappa shape index (κ1) is 47.3. The molecule has 4 saturated heterocycles. The number of nitrogens with zero attached hydrogens (tertiary/aromatic N) is 1. The van der Waals surface area contributed by atoms with Crippen LogP contribution in [0, 0.1) is 0 Å². The van der Waals surface area contributed by atoms with Crippen molar-refractivity contribution >= 4 is 53.1 Å². The first-order valence-electron chi connectivity index (χ1n) is 23.2. The second kappa shape index (κ2) is 26.5. The van der Waals surface area contributed by atoms with Crippen molar-refractivity contribution < 1.29 is 29.1 Å². The summed E-state index contributed by atoms with van der Waals surface area (Å²) in [4.78, 5) is 61.9. The number of urea groups is 2. The number of hydrogen-bond acceptors (Lipinski definition) is 8. The van der Waals surface area contributed by atoms with Gasteiger partial charge < -0.3 is 26.4 Å². The Morgan fingerprint density at radius 2 is 0.932 bits per heavy atom. The molecule has 0 aromatic heterocycles. The molecule has 4 heterocycles. The molecule has 11 nitrogen and oxygen atoms in total. The van der Waals surface area contributed by atoms with Crippen molar-refractivity contribution in [3.05, 3.63) is 35.4 Å². The molecule has 0 bridgehead atoms. The minimum absolute atomic E-state index is 0.0363. The largest absolute Gasteiger partial charge is 0.478 e. The molecule has 0 radical (unpaired) electrons. The molecule has 5 N–H and O–H groups in total. The predicted molar refractivity (Wildman–Crippen MR) is 240 cm³/mol. The van der Waals surface area contributed by atoms with Gasteiger partial charge in [0, 0.05) is 54.2 Å². The van der Waals surface area contributed by atoms with Crippen LogP contribution < -0.4 is 21.3 Å². The van der Waals surface area contributed by atoms with Crippen molar-refractivity contribution in [2.24, 2.45) is 0 Å². The molecule has 4 aliphatic rings. The van der Waals surface area contributed by atoms with E-state index in [9.17, 15) is 29.1 Å². The van der Waals surface area contributed by atoms with Crippen molar-refractivity contribution in [1.29, 1.82) is 0 Å². The Balaban J connectivity index is 0.837. The number of carbonyl (C=O) groups is 5. The summed E-state index contributed by atoms with van der Waals surface area (Å²) in [5, 5.41) is 22.3. The summed E-state index contributed by atoms with van der Waals surface area (Å²) in [6.07, 6.45) is 25.1. The SMILES string of the molecule is O=C(CCCCCCCCCN(CCCCCCCCCC(=O)CCCCC1SCC2NC(=O)NC21)Cc1ccc(C(=O)O)cc1)CCCCC1SCC2NC(=O)NC21. The monoisotopic (exact) mass is 856 g/mol. The molecule has 1 aromatic carbocycles. The van der Waals surface area contributed by atoms with E-state index in [2.05, 4.69) is 26.2 Å². The first-order chi connectivity index (χ1) is 28.7. The highest BCUT2D eigenvalue weighted by atomic mass is 32.2. The van der Waals surface area contributed by atoms with Crippen molar-refractivity contribution in [2.45, 2.75) is 195 Å². The molecule has 0 spiro atoms. The fourth-order valence-electron chi connectivity index (χ4n) is 9.24. The smallest absolute Gasteiger partial charge is 0.335 e. The van der Waals surface area contributed by atoms with Crippen LogP contribution in [0.1, 0.15) is 170 Å². The number of unbranched alkanes of at least 4 members (excludes halogenated alkanes) is 14. The third-order valence-corrected chi connectivity index (χ3v) is 15.7. The Bertz CT molecular complexity index is 1390. The summed E-state index contributed by atoms with van der Waals surface area (Å²) in [6.45, 7) is 2.94. The molecule has 1 aromatic rings. The highest BCUT2D eigenvalue weighted by Gasteiger charge is 2.43. The summed E-state index contributed by atoms with van der Waals surface area (Å²) in [5.41, 5.74) is 1.48. The van der Waals surface area contributed by atoms with Crippen molar-refractivity contribution in [3.8, 4) is 0 Å². The number of carboxylic acid groups (broad SMARTS) is 1. The Kier molecular flexibility index (Phi) is 21.3. The minimum atomic E-state index is -0.891. The number of nitrogens with one attached hydrogen (secondary N) is 4. The van der Waals surface area contributed by atoms with Gasteiger partial charge in [-0.05, 0) is 82.2 Å². The van der Waals surface area contributed by atoms with Gasteiger partial charge in [0.05, 0.1) is 29.7 Å². The summed E-state index contributed by atoms with van der Waals surface area (Å²) in [6, 6.07) is 8.28. The van der Waals surface area contributed by atoms with E-state index in [-0.39, 0.29) is 36.2 Å². The Labute approximate surface area is 362 Å². The van der Waals surface area contributed by atoms with Crippen molar-refractivity contribution in [1.82, 2.24) is 26.2 Å². The Hall–Kier alpha value is -2.77. The van der Waals surface area contributed by atoms with Crippen LogP contribution in [-0.2, 0) is 16.1 Å². The molecule has 4 amide bonds. The summed E-state index contributed by atoms with van der Waals surface area (Å²) in [5.74, 6) is 1.88. The van der Waals surface area contributed by atoms with E-state index in [0.717, 1.165) is 114 Å². The molecule has 330 valence electrons. The molecule has 0 aliphatic carbocycles. The second-order valence-corrected chi connectivity index (χ2v) is 20.1. The number of carbonyl (C=O) groups excluding carboxylic acids is 4. The molecule has 6 atom stereocenters. The molecule has 4 fully saturated rings. The predicted octanol–water partition coefficient (Wildman–Crippen LogP) is 9.02. The zero-order chi connectivity index (χ0) is 41.7. The minimum Gasteiger partial charge on any atom is -0.478 e. The molecule has 13 heteroatoms. The summed E-state index contributed by atoms with van der Waals surface area (Å²) < 4.78 is 0. The quantitative estimate of drug-likeness (QED) is 0.0344. The highest BCUT2D eigenvalue weighted by Crippen LogP contribution is 2.34. The number of carboxylic acids is 1. The lowest BCUT2D eigenvalue weighted by atomic mass is 10.0. The van der Waals surface area contributed by atoms with Gasteiger partial charge in [0.25, 0.3) is 0 Å². The first-order valence-corrected chi connectivity index (χ1v) is 25.3. The Morgan fingerprint density at radius 3 is 1.36 bits per heavy atom. The molecular formula is C46H73N5O6S2. The number of thioether (sulfide) groups is 2. The zero-order valence-electron chi connectivity index (χ0n) is 35.5. The number of rotatable bonds is 33. The van der Waals surface area contributed by atoms with Gasteiger partial charge >= 0.3 is 18.0 Å². The van der Waals surface area contributed by atoms with Gasteiger partial charge in [-0.25, -0.2) is 14.4 Å². The summed E-state index contributed by atoms with van der Waals surface area (Å²) in [7, 11) is 0. The van der Waals surface area contributed by atoms with Gasteiger partial charge in [-0.1, -0.05) is 89.2 Å². The standard InChI is InChI=1S/C46H73N5O6S2/c52-36(21-13-15-23-40-42-38(32-58-40)47-45(56)49-42)19-11-7-3-1-5-9-17-29-51(31-34-25-27-35(28-26-34)44(54)55)30-18-10-6-2-4-8-12-20-37(53)22-14-16-24-41-43-39(33-59-41)48-46(57)50-43/h25-28,38-43H,1-24,29-33H2,(H,54,55)(H2,47,49,56)(H2,48,50,57). The highest BCUT2D eigenvalue weighted by molar-refractivity contribution is 8.00. The zero-order valence-corrected chi connectivity index (χ0v) is 37.2. The maximum Gasteiger partial charge on any atom is 0.335 e. The molecule has 6 unspecified atom stereocenters. The van der Waals surface area contributed by atoms with Crippen LogP contribution in [0.2, 0.25) is 0 Å². The van der Waals surface area contributed by atoms with E-state index in [1.54, 1.807) is 12.1 Å². The lowest BCUT2D eigenvalue weighted by Gasteiger charge is -2.22. The van der Waals surface area contributed by atoms with E-state index < -0.39 is 5.97 Å². The fourth-order valence-corrected chi connectivity index (χ4v) is 12.3. The lowest BCUT2D eigenvalue weighted by molar-refractivity contribution is -0.120. The van der Waals surface area contributed by atoms with Gasteiger partial charge in [-0.3, -0.25) is 14.5 Å². The van der Waals surface area contributed by atoms with Gasteiger partial charge in [0.15, 0.2) is 0 Å². The van der Waals surface area contributed by atoms with Crippen LogP contribution in [0.3, 0.4) is 0 Å². The fraction of sp³-hybridized carbons (Fsp3) is 0.761. The van der Waals surface area contributed by atoms with Gasteiger partial charge in [-0.15, -0.1) is 0 Å². The Morgan fingerprint density at radius 1 is 0.542 bits per heavy atom. The average Bonchev–Trinajstić information content (AvgIpc) is 3.98. The molecule has 5 rings (SSSR count). The molecule has 0 saturated carbocycles. The third-order valence-electron chi connectivity index (χ3n) is 12.7. The van der Waals surface area contributed by atoms with E-state index in [0.29, 0.717) is 53.3 Å². The van der Waals surface area contributed by atoms with Crippen LogP contribution in [0.15, 0.2) is 24.3 Å². The van der Waals surface area contributed by atoms with E-state index in [1.165, 1.54) is 51.4 Å². The number of benzene rings is 1. The summed E-state index contributed by atoms with van der Waals surface area (Å²) >= 11 is 3.88. The third kappa shape index (κ3) is 17.3. The number of ketones is 2. The second-order valence-electron chi connectivity index (χ2n) is 17.5. The van der Waals surface area contributed by atoms with Crippen LogP contribution in [0.5, 0.6) is 0 Å². The van der Waals surface area contributed by atoms with Crippen LogP contribution >= 0.6 is 23.5 Å². The number of amides is 4. The van der Waals surface area contributed by atoms with Gasteiger partial charge in [-0.2, -0.15) is 23.5 Å². The normalized spacial score (nSPS) is 23.1. The van der Waals surface area contributed by atoms with Crippen LogP contribution in [-0.4, -0.2) is 98.9 Å². The number of Topliss-reactive ketones (excluding diaryl/α,β-unsaturated/α-hetero) is 2. The number of aromatic carboxylic acids is 1. The average molecular weight is 856 g/mol. The van der Waals surface area contributed by atoms with Crippen molar-refractivity contribution in [3.63, 3.8) is 0 Å². The molecule has 4 aliphatic heterocycles. The molecule has 59 heavy (non-hydrogen) atoms. The van der Waals surface area contributed by atoms with Crippen molar-refractivity contribution in [2.75, 3.05) is 24.6 Å². The van der Waals surface area contributed by atoms with Gasteiger partial charge in [0.1, 0.15) is 11.6 Å².